The van der Waals surface area contributed by atoms with Crippen LogP contribution < -0.4 is 10.6 Å². The summed E-state index contributed by atoms with van der Waals surface area (Å²) >= 11 is 0. The number of hydrogen-bond donors (Lipinski definition) is 2. The predicted octanol–water partition coefficient (Wildman–Crippen LogP) is 2.53. The van der Waals surface area contributed by atoms with E-state index in [9.17, 15) is 9.59 Å². The topological polar surface area (TPSA) is 58.2 Å². The van der Waals surface area contributed by atoms with E-state index in [2.05, 4.69) is 28.8 Å². The number of fused-ring (bicyclic) bond motifs is 1. The largest absolute Gasteiger partial charge is 0.355 e. The number of rotatable bonds is 7. The lowest BCUT2D eigenvalue weighted by molar-refractivity contribution is -0.122. The highest BCUT2D eigenvalue weighted by Gasteiger charge is 2.11. The zero-order valence-corrected chi connectivity index (χ0v) is 14.3. The SMILES string of the molecule is CCC(C)NC(=O)CCNC(=O)Cc1ccc2c(c1)CCCC2. The number of carbonyl (C=O) groups excluding carboxylic acids is 2. The van der Waals surface area contributed by atoms with Gasteiger partial charge in [-0.25, -0.2) is 0 Å². The minimum atomic E-state index is -0.0166. The lowest BCUT2D eigenvalue weighted by Crippen LogP contribution is -2.35. The van der Waals surface area contributed by atoms with E-state index in [0.717, 1.165) is 24.8 Å². The number of amides is 2. The maximum Gasteiger partial charge on any atom is 0.224 e. The lowest BCUT2D eigenvalue weighted by atomic mass is 9.90. The van der Waals surface area contributed by atoms with Crippen LogP contribution in [0.5, 0.6) is 0 Å². The van der Waals surface area contributed by atoms with Crippen molar-refractivity contribution in [2.24, 2.45) is 0 Å². The number of aryl methyl sites for hydroxylation is 2. The van der Waals surface area contributed by atoms with Gasteiger partial charge >= 0.3 is 0 Å². The van der Waals surface area contributed by atoms with Gasteiger partial charge in [0.1, 0.15) is 0 Å². The molecule has 0 saturated carbocycles. The second kappa shape index (κ2) is 8.70. The molecule has 0 saturated heterocycles. The Morgan fingerprint density at radius 1 is 1.13 bits per heavy atom. The minimum absolute atomic E-state index is 0.00608. The molecule has 1 unspecified atom stereocenters. The molecule has 1 aromatic rings. The molecule has 0 radical (unpaired) electrons. The Morgan fingerprint density at radius 2 is 1.87 bits per heavy atom. The van der Waals surface area contributed by atoms with Crippen molar-refractivity contribution in [2.75, 3.05) is 6.54 Å². The van der Waals surface area contributed by atoms with E-state index in [1.54, 1.807) is 0 Å². The van der Waals surface area contributed by atoms with Crippen molar-refractivity contribution in [1.29, 1.82) is 0 Å². The molecule has 23 heavy (non-hydrogen) atoms. The van der Waals surface area contributed by atoms with Crippen molar-refractivity contribution >= 4 is 11.8 Å². The van der Waals surface area contributed by atoms with Crippen LogP contribution in [0.4, 0.5) is 0 Å². The third-order valence-corrected chi connectivity index (χ3v) is 4.47. The van der Waals surface area contributed by atoms with Gasteiger partial charge in [-0.3, -0.25) is 9.59 Å². The molecule has 1 aliphatic carbocycles. The van der Waals surface area contributed by atoms with Gasteiger partial charge in [-0.2, -0.15) is 0 Å². The molecule has 2 amide bonds. The Bertz CT molecular complexity index is 554. The Hall–Kier alpha value is -1.84. The Kier molecular flexibility index (Phi) is 6.63. The van der Waals surface area contributed by atoms with E-state index in [-0.39, 0.29) is 17.9 Å². The van der Waals surface area contributed by atoms with E-state index in [0.29, 0.717) is 19.4 Å². The van der Waals surface area contributed by atoms with E-state index in [1.807, 2.05) is 13.8 Å². The summed E-state index contributed by atoms with van der Waals surface area (Å²) in [6.07, 6.45) is 6.43. The minimum Gasteiger partial charge on any atom is -0.355 e. The summed E-state index contributed by atoms with van der Waals surface area (Å²) in [7, 11) is 0. The normalized spacial score (nSPS) is 14.7. The highest BCUT2D eigenvalue weighted by Crippen LogP contribution is 2.22. The first kappa shape index (κ1) is 17.5. The van der Waals surface area contributed by atoms with Crippen LogP contribution in [0, 0.1) is 0 Å². The maximum atomic E-state index is 12.0. The van der Waals surface area contributed by atoms with Gasteiger partial charge in [-0.15, -0.1) is 0 Å². The molecule has 1 aliphatic rings. The van der Waals surface area contributed by atoms with Crippen LogP contribution in [0.1, 0.15) is 56.2 Å². The Labute approximate surface area is 139 Å². The fraction of sp³-hybridized carbons (Fsp3) is 0.579. The van der Waals surface area contributed by atoms with Crippen LogP contribution in [0.3, 0.4) is 0 Å². The van der Waals surface area contributed by atoms with Crippen molar-refractivity contribution < 1.29 is 9.59 Å². The monoisotopic (exact) mass is 316 g/mol. The van der Waals surface area contributed by atoms with Crippen LogP contribution in [-0.2, 0) is 28.9 Å². The van der Waals surface area contributed by atoms with Crippen molar-refractivity contribution in [3.63, 3.8) is 0 Å². The summed E-state index contributed by atoms with van der Waals surface area (Å²) in [6.45, 7) is 4.41. The fourth-order valence-corrected chi connectivity index (χ4v) is 2.91. The highest BCUT2D eigenvalue weighted by atomic mass is 16.2. The molecule has 4 nitrogen and oxygen atoms in total. The summed E-state index contributed by atoms with van der Waals surface area (Å²) in [5, 5.41) is 5.73. The van der Waals surface area contributed by atoms with Gasteiger partial charge in [0.2, 0.25) is 11.8 Å². The molecule has 126 valence electrons. The summed E-state index contributed by atoms with van der Waals surface area (Å²) in [5.74, 6) is -0.0227. The lowest BCUT2D eigenvalue weighted by Gasteiger charge is -2.16. The Morgan fingerprint density at radius 3 is 2.61 bits per heavy atom. The second-order valence-electron chi connectivity index (χ2n) is 6.46. The molecule has 1 aromatic carbocycles. The summed E-state index contributed by atoms with van der Waals surface area (Å²) in [6, 6.07) is 6.58. The molecule has 0 spiro atoms. The third kappa shape index (κ3) is 5.70. The molecule has 4 heteroatoms. The highest BCUT2D eigenvalue weighted by molar-refractivity contribution is 5.80. The first-order valence-corrected chi connectivity index (χ1v) is 8.75. The molecule has 0 fully saturated rings. The van der Waals surface area contributed by atoms with Gasteiger partial charge in [-0.1, -0.05) is 25.1 Å². The zero-order valence-electron chi connectivity index (χ0n) is 14.3. The van der Waals surface area contributed by atoms with Gasteiger partial charge in [0, 0.05) is 19.0 Å². The number of hydrogen-bond acceptors (Lipinski definition) is 2. The molecule has 2 N–H and O–H groups in total. The van der Waals surface area contributed by atoms with Gasteiger partial charge in [-0.05, 0) is 55.7 Å². The summed E-state index contributed by atoms with van der Waals surface area (Å²) in [4.78, 5) is 23.6. The zero-order chi connectivity index (χ0) is 16.7. The van der Waals surface area contributed by atoms with Crippen molar-refractivity contribution in [3.8, 4) is 0 Å². The van der Waals surface area contributed by atoms with Gasteiger partial charge in [0.25, 0.3) is 0 Å². The van der Waals surface area contributed by atoms with Gasteiger partial charge in [0.15, 0.2) is 0 Å². The molecule has 0 aliphatic heterocycles. The molecular weight excluding hydrogens is 288 g/mol. The van der Waals surface area contributed by atoms with Gasteiger partial charge < -0.3 is 10.6 Å². The molecule has 0 heterocycles. The average Bonchev–Trinajstić information content (AvgIpc) is 2.54. The maximum absolute atomic E-state index is 12.0. The number of carbonyl (C=O) groups is 2. The fourth-order valence-electron chi connectivity index (χ4n) is 2.91. The Balaban J connectivity index is 1.73. The summed E-state index contributed by atoms with van der Waals surface area (Å²) < 4.78 is 0. The van der Waals surface area contributed by atoms with E-state index >= 15 is 0 Å². The molecular formula is C19H28N2O2. The predicted molar refractivity (Wildman–Crippen MR) is 92.3 cm³/mol. The molecule has 1 atom stereocenters. The smallest absolute Gasteiger partial charge is 0.224 e. The van der Waals surface area contributed by atoms with E-state index in [1.165, 1.54) is 24.0 Å². The molecule has 2 rings (SSSR count). The quantitative estimate of drug-likeness (QED) is 0.812. The number of nitrogens with one attached hydrogen (secondary N) is 2. The van der Waals surface area contributed by atoms with Crippen LogP contribution in [-0.4, -0.2) is 24.4 Å². The van der Waals surface area contributed by atoms with Crippen LogP contribution in [0.15, 0.2) is 18.2 Å². The van der Waals surface area contributed by atoms with Crippen LogP contribution in [0.25, 0.3) is 0 Å². The van der Waals surface area contributed by atoms with Crippen LogP contribution >= 0.6 is 0 Å². The first-order chi connectivity index (χ1) is 11.1. The molecule has 0 bridgehead atoms. The number of benzene rings is 1. The standard InChI is InChI=1S/C19H28N2O2/c1-3-14(2)21-18(22)10-11-20-19(23)13-15-8-9-16-6-4-5-7-17(16)12-15/h8-9,12,14H,3-7,10-11,13H2,1-2H3,(H,20,23)(H,21,22). The summed E-state index contributed by atoms with van der Waals surface area (Å²) in [5.41, 5.74) is 3.89. The third-order valence-electron chi connectivity index (χ3n) is 4.47. The van der Waals surface area contributed by atoms with Gasteiger partial charge in [0.05, 0.1) is 6.42 Å². The molecule has 0 aromatic heterocycles. The second-order valence-corrected chi connectivity index (χ2v) is 6.46. The van der Waals surface area contributed by atoms with Crippen molar-refractivity contribution in [1.82, 2.24) is 10.6 Å². The first-order valence-electron chi connectivity index (χ1n) is 8.75. The van der Waals surface area contributed by atoms with E-state index < -0.39 is 0 Å². The average molecular weight is 316 g/mol. The van der Waals surface area contributed by atoms with Crippen molar-refractivity contribution in [2.45, 2.75) is 64.8 Å². The van der Waals surface area contributed by atoms with Crippen LogP contribution in [0.2, 0.25) is 0 Å². The van der Waals surface area contributed by atoms with Crippen molar-refractivity contribution in [3.05, 3.63) is 34.9 Å². The van der Waals surface area contributed by atoms with E-state index in [4.69, 9.17) is 0 Å².